The van der Waals surface area contributed by atoms with Crippen LogP contribution in [0.1, 0.15) is 20.3 Å². The largest absolute Gasteiger partial charge is 0.481 e. The molecule has 0 aliphatic carbocycles. The molecule has 4 heteroatoms. The Bertz CT molecular complexity index is 120. The number of carboxylic acid groups (broad SMARTS) is 1. The first-order chi connectivity index (χ1) is 5.09. The Hall–Kier alpha value is -0.430. The van der Waals surface area contributed by atoms with Gasteiger partial charge in [0, 0.05) is 0 Å². The van der Waals surface area contributed by atoms with Crippen LogP contribution in [0.5, 0.6) is 0 Å². The van der Waals surface area contributed by atoms with E-state index >= 15 is 0 Å². The molecule has 0 fully saturated rings. The van der Waals surface area contributed by atoms with Crippen molar-refractivity contribution in [3.63, 3.8) is 0 Å². The van der Waals surface area contributed by atoms with Gasteiger partial charge < -0.3 is 5.11 Å². The van der Waals surface area contributed by atoms with E-state index in [-0.39, 0.29) is 5.78 Å². The number of carbonyl (C=O) groups is 2. The summed E-state index contributed by atoms with van der Waals surface area (Å²) in [6, 6.07) is 0. The molecule has 1 N–H and O–H groups in total. The van der Waals surface area contributed by atoms with Gasteiger partial charge in [-0.1, -0.05) is 13.6 Å². The summed E-state index contributed by atoms with van der Waals surface area (Å²) < 4.78 is 0. The first kappa shape index (κ1) is 13.2. The lowest BCUT2D eigenvalue weighted by Crippen LogP contribution is -2.19. The molecule has 2 atom stereocenters. The van der Waals surface area contributed by atoms with Crippen molar-refractivity contribution in [2.24, 2.45) is 5.92 Å². The fraction of sp³-hybridized carbons (Fsp3) is 0.714. The van der Waals surface area contributed by atoms with E-state index in [1.165, 1.54) is 6.92 Å². The van der Waals surface area contributed by atoms with Crippen molar-refractivity contribution >= 4 is 21.0 Å². The zero-order valence-corrected chi connectivity index (χ0v) is 8.28. The summed E-state index contributed by atoms with van der Waals surface area (Å²) in [6.45, 7) is 4.89. The lowest BCUT2D eigenvalue weighted by molar-refractivity contribution is -0.145. The van der Waals surface area contributed by atoms with Crippen LogP contribution in [0.4, 0.5) is 0 Å². The zero-order chi connectivity index (χ0) is 9.44. The molecular weight excluding hydrogens is 163 g/mol. The maximum Gasteiger partial charge on any atom is 0.314 e. The van der Waals surface area contributed by atoms with E-state index in [1.54, 1.807) is 6.92 Å². The normalized spacial score (nSPS) is 10.9. The standard InChI is InChI=1S/C6H10O3.CH5P/c1-3-5(4(2)7)6(8)9;1-2/h5H,3H2,1-2H3,(H,8,9);2H2,1H3. The summed E-state index contributed by atoms with van der Waals surface area (Å²) >= 11 is 0. The van der Waals surface area contributed by atoms with E-state index in [0.717, 1.165) is 0 Å². The second kappa shape index (κ2) is 7.67. The minimum Gasteiger partial charge on any atom is -0.481 e. The number of carbonyl (C=O) groups excluding carboxylic acids is 1. The Labute approximate surface area is 69.4 Å². The molecule has 0 aromatic heterocycles. The summed E-state index contributed by atoms with van der Waals surface area (Å²) in [7, 11) is 2.42. The molecule has 0 bridgehead atoms. The number of aliphatic carboxylic acids is 1. The van der Waals surface area contributed by atoms with Crippen molar-refractivity contribution in [3.8, 4) is 0 Å². The minimum absolute atomic E-state index is 0.273. The molecule has 0 saturated carbocycles. The van der Waals surface area contributed by atoms with Gasteiger partial charge in [-0.15, -0.1) is 9.24 Å². The van der Waals surface area contributed by atoms with Crippen LogP contribution in [0.25, 0.3) is 0 Å². The van der Waals surface area contributed by atoms with Gasteiger partial charge in [-0.05, 0) is 13.3 Å². The third kappa shape index (κ3) is 5.99. The van der Waals surface area contributed by atoms with Crippen molar-refractivity contribution in [1.82, 2.24) is 0 Å². The van der Waals surface area contributed by atoms with Crippen LogP contribution >= 0.6 is 9.24 Å². The highest BCUT2D eigenvalue weighted by atomic mass is 31.0. The summed E-state index contributed by atoms with van der Waals surface area (Å²) in [5.41, 5.74) is 0. The van der Waals surface area contributed by atoms with Gasteiger partial charge in [0.1, 0.15) is 11.7 Å². The molecule has 0 aliphatic heterocycles. The Morgan fingerprint density at radius 1 is 1.45 bits per heavy atom. The Morgan fingerprint density at radius 3 is 1.82 bits per heavy atom. The molecule has 0 rings (SSSR count). The number of rotatable bonds is 3. The molecule has 3 nitrogen and oxygen atoms in total. The van der Waals surface area contributed by atoms with Crippen molar-refractivity contribution in [2.75, 3.05) is 6.66 Å². The average molecular weight is 178 g/mol. The lowest BCUT2D eigenvalue weighted by atomic mass is 10.0. The minimum atomic E-state index is -1.02. The molecule has 0 spiro atoms. The van der Waals surface area contributed by atoms with Crippen LogP contribution in [-0.4, -0.2) is 23.5 Å². The Kier molecular flexibility index (Phi) is 9.20. The predicted octanol–water partition coefficient (Wildman–Crippen LogP) is 1.18. The van der Waals surface area contributed by atoms with E-state index in [1.807, 2.05) is 6.66 Å². The molecule has 0 aromatic carbocycles. The van der Waals surface area contributed by atoms with Crippen LogP contribution < -0.4 is 0 Å². The molecule has 0 aliphatic rings. The van der Waals surface area contributed by atoms with Crippen LogP contribution in [0.2, 0.25) is 0 Å². The molecule has 0 radical (unpaired) electrons. The summed E-state index contributed by atoms with van der Waals surface area (Å²) in [5.74, 6) is -2.10. The molecule has 0 aromatic rings. The smallest absolute Gasteiger partial charge is 0.314 e. The molecule has 0 saturated heterocycles. The van der Waals surface area contributed by atoms with Crippen LogP contribution in [0, 0.1) is 5.92 Å². The number of ketones is 1. The number of Topliss-reactive ketones (excluding diaryl/α,β-unsaturated/α-hetero) is 1. The van der Waals surface area contributed by atoms with Gasteiger partial charge in [0.2, 0.25) is 0 Å². The van der Waals surface area contributed by atoms with Crippen molar-refractivity contribution in [1.29, 1.82) is 0 Å². The van der Waals surface area contributed by atoms with Crippen molar-refractivity contribution in [3.05, 3.63) is 0 Å². The van der Waals surface area contributed by atoms with Crippen molar-refractivity contribution in [2.45, 2.75) is 20.3 Å². The van der Waals surface area contributed by atoms with Gasteiger partial charge in [0.15, 0.2) is 0 Å². The SMILES string of the molecule is CCC(C(C)=O)C(=O)O.CP. The highest BCUT2D eigenvalue weighted by Crippen LogP contribution is 2.02. The van der Waals surface area contributed by atoms with Gasteiger partial charge in [0.05, 0.1) is 0 Å². The maximum atomic E-state index is 10.4. The quantitative estimate of drug-likeness (QED) is 0.521. The van der Waals surface area contributed by atoms with E-state index < -0.39 is 11.9 Å². The zero-order valence-electron chi connectivity index (χ0n) is 7.13. The monoisotopic (exact) mass is 178 g/mol. The van der Waals surface area contributed by atoms with Crippen LogP contribution in [0.3, 0.4) is 0 Å². The number of carboxylic acids is 1. The average Bonchev–Trinajstić information content (AvgIpc) is 1.91. The predicted molar refractivity (Wildman–Crippen MR) is 47.7 cm³/mol. The van der Waals surface area contributed by atoms with E-state index in [0.29, 0.717) is 6.42 Å². The van der Waals surface area contributed by atoms with E-state index in [2.05, 4.69) is 9.24 Å². The first-order valence-electron chi connectivity index (χ1n) is 3.40. The molecule has 11 heavy (non-hydrogen) atoms. The van der Waals surface area contributed by atoms with Crippen LogP contribution in [-0.2, 0) is 9.59 Å². The second-order valence-corrected chi connectivity index (χ2v) is 1.91. The molecule has 0 heterocycles. The first-order valence-corrected chi connectivity index (χ1v) is 4.56. The Balaban J connectivity index is 0. The maximum absolute atomic E-state index is 10.4. The third-order valence-electron chi connectivity index (χ3n) is 1.20. The van der Waals surface area contributed by atoms with E-state index in [4.69, 9.17) is 5.11 Å². The van der Waals surface area contributed by atoms with Crippen molar-refractivity contribution < 1.29 is 14.7 Å². The Morgan fingerprint density at radius 2 is 1.82 bits per heavy atom. The summed E-state index contributed by atoms with van der Waals surface area (Å²) in [6.07, 6.45) is 0.380. The van der Waals surface area contributed by atoms with Gasteiger partial charge in [-0.2, -0.15) is 0 Å². The lowest BCUT2D eigenvalue weighted by Gasteiger charge is -2.01. The second-order valence-electron chi connectivity index (χ2n) is 1.91. The van der Waals surface area contributed by atoms with Gasteiger partial charge in [-0.3, -0.25) is 9.59 Å². The van der Waals surface area contributed by atoms with E-state index in [9.17, 15) is 9.59 Å². The topological polar surface area (TPSA) is 54.4 Å². The number of hydrogen-bond donors (Lipinski definition) is 1. The third-order valence-corrected chi connectivity index (χ3v) is 1.20. The highest BCUT2D eigenvalue weighted by Gasteiger charge is 2.19. The van der Waals surface area contributed by atoms with Gasteiger partial charge >= 0.3 is 5.97 Å². The molecular formula is C7H15O3P. The fourth-order valence-electron chi connectivity index (χ4n) is 0.636. The summed E-state index contributed by atoms with van der Waals surface area (Å²) in [4.78, 5) is 20.6. The molecule has 0 amide bonds. The summed E-state index contributed by atoms with van der Waals surface area (Å²) in [5, 5.41) is 8.32. The molecule has 66 valence electrons. The number of hydrogen-bond acceptors (Lipinski definition) is 2. The fourth-order valence-corrected chi connectivity index (χ4v) is 0.636. The van der Waals surface area contributed by atoms with Gasteiger partial charge in [0.25, 0.3) is 0 Å². The molecule has 2 unspecified atom stereocenters. The van der Waals surface area contributed by atoms with Crippen LogP contribution in [0.15, 0.2) is 0 Å². The van der Waals surface area contributed by atoms with Gasteiger partial charge in [-0.25, -0.2) is 0 Å². The highest BCUT2D eigenvalue weighted by molar-refractivity contribution is 7.15.